The zero-order valence-electron chi connectivity index (χ0n) is 20.0. The number of hydrogen-bond acceptors (Lipinski definition) is 3. The molecule has 5 heteroatoms. The van der Waals surface area contributed by atoms with Gasteiger partial charge in [-0.25, -0.2) is 0 Å². The lowest BCUT2D eigenvalue weighted by Gasteiger charge is -2.56. The van der Waals surface area contributed by atoms with Gasteiger partial charge in [-0.2, -0.15) is 0 Å². The third-order valence-corrected chi connectivity index (χ3v) is 17.1. The van der Waals surface area contributed by atoms with Crippen LogP contribution in [0.3, 0.4) is 0 Å². The van der Waals surface area contributed by atoms with E-state index in [1.54, 1.807) is 0 Å². The summed E-state index contributed by atoms with van der Waals surface area (Å²) in [7, 11) is -1.72. The minimum atomic E-state index is -1.77. The maximum Gasteiger partial charge on any atom is 0.192 e. The number of methoxy groups -OCH3 is 1. The van der Waals surface area contributed by atoms with E-state index in [0.717, 1.165) is 36.3 Å². The molecular formula is C21H48O3Si2. The third-order valence-electron chi connectivity index (χ3n) is 7.52. The van der Waals surface area contributed by atoms with E-state index in [1.807, 2.05) is 7.11 Å². The van der Waals surface area contributed by atoms with Crippen LogP contribution >= 0.6 is 0 Å². The van der Waals surface area contributed by atoms with E-state index in [1.165, 1.54) is 0 Å². The van der Waals surface area contributed by atoms with Gasteiger partial charge in [-0.05, 0) is 70.9 Å². The van der Waals surface area contributed by atoms with Gasteiger partial charge in [-0.1, -0.05) is 41.5 Å². The quantitative estimate of drug-likeness (QED) is 0.309. The summed E-state index contributed by atoms with van der Waals surface area (Å²) >= 11 is 0. The van der Waals surface area contributed by atoms with E-state index in [9.17, 15) is 0 Å². The molecule has 0 rings (SSSR count). The Morgan fingerprint density at radius 1 is 0.538 bits per heavy atom. The van der Waals surface area contributed by atoms with Gasteiger partial charge in [0.1, 0.15) is 5.60 Å². The van der Waals surface area contributed by atoms with E-state index < -0.39 is 33.4 Å². The second-order valence-electron chi connectivity index (χ2n) is 8.95. The predicted molar refractivity (Wildman–Crippen MR) is 120 cm³/mol. The van der Waals surface area contributed by atoms with Crippen molar-refractivity contribution in [3.63, 3.8) is 0 Å². The molecule has 0 aliphatic carbocycles. The highest BCUT2D eigenvalue weighted by molar-refractivity contribution is 6.74. The van der Waals surface area contributed by atoms with Crippen molar-refractivity contribution in [3.8, 4) is 0 Å². The smallest absolute Gasteiger partial charge is 0.192 e. The Labute approximate surface area is 166 Å². The molecule has 0 atom stereocenters. The molecule has 0 unspecified atom stereocenters. The Bertz CT molecular complexity index is 363. The van der Waals surface area contributed by atoms with Crippen molar-refractivity contribution in [2.24, 2.45) is 0 Å². The van der Waals surface area contributed by atoms with Crippen LogP contribution in [0, 0.1) is 0 Å². The van der Waals surface area contributed by atoms with Gasteiger partial charge < -0.3 is 13.6 Å². The highest BCUT2D eigenvalue weighted by Crippen LogP contribution is 2.45. The van der Waals surface area contributed by atoms with Gasteiger partial charge >= 0.3 is 0 Å². The molecule has 0 spiro atoms. The van der Waals surface area contributed by atoms with E-state index >= 15 is 0 Å². The van der Waals surface area contributed by atoms with Crippen LogP contribution < -0.4 is 0 Å². The van der Waals surface area contributed by atoms with Crippen LogP contribution in [0.2, 0.25) is 36.3 Å². The molecule has 0 amide bonds. The Morgan fingerprint density at radius 3 is 0.923 bits per heavy atom. The lowest BCUT2D eigenvalue weighted by atomic mass is 9.75. The van der Waals surface area contributed by atoms with Crippen molar-refractivity contribution in [1.82, 2.24) is 0 Å². The number of ether oxygens (including phenoxy) is 1. The summed E-state index contributed by atoms with van der Waals surface area (Å²) in [5.41, 5.74) is -1.38. The maximum atomic E-state index is 6.98. The molecule has 0 aliphatic heterocycles. The van der Waals surface area contributed by atoms with Crippen molar-refractivity contribution in [3.05, 3.63) is 0 Å². The molecule has 0 saturated carbocycles. The van der Waals surface area contributed by atoms with Gasteiger partial charge in [0.15, 0.2) is 16.6 Å². The number of hydrogen-bond donors (Lipinski definition) is 0. The van der Waals surface area contributed by atoms with Gasteiger partial charge in [-0.3, -0.25) is 0 Å². The molecule has 0 radical (unpaired) electrons. The molecule has 26 heavy (non-hydrogen) atoms. The Morgan fingerprint density at radius 2 is 0.769 bits per heavy atom. The summed E-state index contributed by atoms with van der Waals surface area (Å²) in [6, 6.07) is 6.85. The molecule has 0 bridgehead atoms. The van der Waals surface area contributed by atoms with Gasteiger partial charge in [0.25, 0.3) is 0 Å². The van der Waals surface area contributed by atoms with E-state index in [0.29, 0.717) is 0 Å². The van der Waals surface area contributed by atoms with Crippen LogP contribution in [0.15, 0.2) is 0 Å². The van der Waals surface area contributed by atoms with Gasteiger partial charge in [0.05, 0.1) is 11.2 Å². The van der Waals surface area contributed by atoms with Crippen molar-refractivity contribution in [2.45, 2.75) is 129 Å². The molecule has 3 nitrogen and oxygen atoms in total. The zero-order chi connectivity index (χ0) is 20.9. The Hall–Kier alpha value is 0.314. The first-order valence-electron chi connectivity index (χ1n) is 10.8. The van der Waals surface area contributed by atoms with Crippen LogP contribution in [0.25, 0.3) is 0 Å². The summed E-state index contributed by atoms with van der Waals surface area (Å²) < 4.78 is 20.2. The van der Waals surface area contributed by atoms with Gasteiger partial charge in [0.2, 0.25) is 0 Å². The number of rotatable bonds is 13. The van der Waals surface area contributed by atoms with E-state index in [2.05, 4.69) is 76.2 Å². The van der Waals surface area contributed by atoms with Crippen molar-refractivity contribution in [2.75, 3.05) is 7.11 Å². The average molecular weight is 405 g/mol. The third kappa shape index (κ3) is 5.02. The normalized spacial score (nSPS) is 14.8. The monoisotopic (exact) mass is 404 g/mol. The largest absolute Gasteiger partial charge is 0.409 e. The molecule has 0 aliphatic rings. The summed E-state index contributed by atoms with van der Waals surface area (Å²) in [4.78, 5) is 0. The molecule has 0 aromatic heterocycles. The minimum absolute atomic E-state index is 0.422. The van der Waals surface area contributed by atoms with Crippen LogP contribution in [0.1, 0.15) is 76.2 Å². The van der Waals surface area contributed by atoms with Crippen LogP contribution in [-0.4, -0.2) is 40.5 Å². The lowest BCUT2D eigenvalue weighted by Crippen LogP contribution is -2.68. The molecule has 158 valence electrons. The SMILES string of the molecule is CC[Si](CC)(CC)OC(C)(C)C(C)(OC)C(C)(C)O[Si](CC)(CC)CC. The molecule has 0 N–H and O–H groups in total. The standard InChI is InChI=1S/C21H48O3Si2/c1-13-25(14-2,15-3)23-19(7,8)21(11,22-12)20(9,10)24-26(16-4,17-5)18-6/h13-18H2,1-12H3. The fraction of sp³-hybridized carbons (Fsp3) is 1.00. The second-order valence-corrected chi connectivity index (χ2v) is 18.3. The summed E-state index contributed by atoms with van der Waals surface area (Å²) in [6.07, 6.45) is 0. The average Bonchev–Trinajstić information content (AvgIpc) is 2.63. The molecule has 0 saturated heterocycles. The van der Waals surface area contributed by atoms with Crippen LogP contribution in [-0.2, 0) is 13.6 Å². The molecular weight excluding hydrogens is 356 g/mol. The summed E-state index contributed by atoms with van der Waals surface area (Å²) in [5, 5.41) is 0. The van der Waals surface area contributed by atoms with Crippen LogP contribution in [0.4, 0.5) is 0 Å². The highest BCUT2D eigenvalue weighted by Gasteiger charge is 2.57. The fourth-order valence-electron chi connectivity index (χ4n) is 4.43. The Kier molecular flexibility index (Phi) is 9.80. The van der Waals surface area contributed by atoms with Gasteiger partial charge in [0, 0.05) is 7.11 Å². The molecule has 0 heterocycles. The predicted octanol–water partition coefficient (Wildman–Crippen LogP) is 6.99. The zero-order valence-corrected chi connectivity index (χ0v) is 22.0. The first-order valence-corrected chi connectivity index (χ1v) is 15.9. The molecule has 0 fully saturated rings. The van der Waals surface area contributed by atoms with Crippen LogP contribution in [0.5, 0.6) is 0 Å². The first-order chi connectivity index (χ1) is 11.8. The second kappa shape index (κ2) is 9.68. The first kappa shape index (κ1) is 26.3. The fourth-order valence-corrected chi connectivity index (χ4v) is 10.8. The molecule has 0 aromatic carbocycles. The minimum Gasteiger partial charge on any atom is -0.409 e. The van der Waals surface area contributed by atoms with Crippen molar-refractivity contribution in [1.29, 1.82) is 0 Å². The topological polar surface area (TPSA) is 27.7 Å². The van der Waals surface area contributed by atoms with E-state index in [4.69, 9.17) is 13.6 Å². The van der Waals surface area contributed by atoms with Crippen molar-refractivity contribution >= 4 is 16.6 Å². The Balaban J connectivity index is 5.97. The highest BCUT2D eigenvalue weighted by atomic mass is 28.4. The van der Waals surface area contributed by atoms with E-state index in [-0.39, 0.29) is 0 Å². The van der Waals surface area contributed by atoms with Gasteiger partial charge in [-0.15, -0.1) is 0 Å². The maximum absolute atomic E-state index is 6.98. The summed E-state index contributed by atoms with van der Waals surface area (Å²) in [6.45, 7) is 24.7. The lowest BCUT2D eigenvalue weighted by molar-refractivity contribution is -0.215. The van der Waals surface area contributed by atoms with Crippen molar-refractivity contribution < 1.29 is 13.6 Å². The molecule has 0 aromatic rings. The summed E-state index contributed by atoms with van der Waals surface area (Å²) in [5.74, 6) is 0.